The van der Waals surface area contributed by atoms with Crippen LogP contribution < -0.4 is 21.7 Å². The van der Waals surface area contributed by atoms with Gasteiger partial charge in [0.1, 0.15) is 11.8 Å². The standard InChI is InChI=1S/C23H39N5O5S2/c1-3-16-19(29)11-15-13-34-35-14-17(27-12-20(15)30)23(33)28(18(4-2)22(24)32)10-6-9-26-21(31)7-5-8-25-16/h15-18,25,27H,3-14H2,1-2H3,(H2,24,32)(H,26,31). The predicted molar refractivity (Wildman–Crippen MR) is 139 cm³/mol. The Balaban J connectivity index is 2.26. The second-order valence-electron chi connectivity index (χ2n) is 8.92. The van der Waals surface area contributed by atoms with E-state index in [0.29, 0.717) is 56.7 Å². The summed E-state index contributed by atoms with van der Waals surface area (Å²) >= 11 is 0. The minimum Gasteiger partial charge on any atom is -0.368 e. The van der Waals surface area contributed by atoms with Crippen LogP contribution in [0.1, 0.15) is 52.4 Å². The van der Waals surface area contributed by atoms with Crippen LogP contribution in [0.2, 0.25) is 0 Å². The Morgan fingerprint density at radius 3 is 2.49 bits per heavy atom. The van der Waals surface area contributed by atoms with Crippen molar-refractivity contribution in [2.24, 2.45) is 11.7 Å². The zero-order valence-corrected chi connectivity index (χ0v) is 22.3. The Bertz CT molecular complexity index is 769. The number of fused-ring (bicyclic) bond motifs is 4. The third kappa shape index (κ3) is 9.40. The third-order valence-corrected chi connectivity index (χ3v) is 8.84. The molecule has 35 heavy (non-hydrogen) atoms. The molecule has 0 aliphatic carbocycles. The molecule has 3 amide bonds. The summed E-state index contributed by atoms with van der Waals surface area (Å²) in [6, 6.07) is -1.78. The fraction of sp³-hybridized carbons (Fsp3) is 0.783. The highest BCUT2D eigenvalue weighted by Gasteiger charge is 2.34. The average Bonchev–Trinajstić information content (AvgIpc) is 2.91. The summed E-state index contributed by atoms with van der Waals surface area (Å²) in [5.41, 5.74) is 5.59. The second kappa shape index (κ2) is 15.5. The van der Waals surface area contributed by atoms with E-state index in [-0.39, 0.29) is 48.9 Å². The van der Waals surface area contributed by atoms with Gasteiger partial charge in [-0.25, -0.2) is 0 Å². The first kappa shape index (κ1) is 29.6. The second-order valence-corrected chi connectivity index (χ2v) is 11.5. The summed E-state index contributed by atoms with van der Waals surface area (Å²) in [5, 5.41) is 9.16. The lowest BCUT2D eigenvalue weighted by atomic mass is 9.95. The number of nitrogens with zero attached hydrogens (tertiary/aromatic N) is 1. The van der Waals surface area contributed by atoms with Crippen molar-refractivity contribution in [2.75, 3.05) is 37.7 Å². The number of rotatable bonds is 4. The molecule has 0 saturated carbocycles. The van der Waals surface area contributed by atoms with Gasteiger partial charge >= 0.3 is 0 Å². The van der Waals surface area contributed by atoms with Gasteiger partial charge in [-0.05, 0) is 32.2 Å². The maximum atomic E-state index is 13.5. The van der Waals surface area contributed by atoms with E-state index in [0.717, 1.165) is 0 Å². The first-order valence-electron chi connectivity index (χ1n) is 12.4. The van der Waals surface area contributed by atoms with Gasteiger partial charge in [-0.15, -0.1) is 0 Å². The Labute approximate surface area is 215 Å². The minimum atomic E-state index is -0.766. The number of primary amides is 1. The van der Waals surface area contributed by atoms with Crippen LogP contribution in [0.15, 0.2) is 0 Å². The molecule has 2 aliphatic rings. The van der Waals surface area contributed by atoms with E-state index < -0.39 is 23.9 Å². The molecule has 2 rings (SSSR count). The SMILES string of the molecule is CCC1NCCCC(=O)NCCCN(C(CC)C(N)=O)C(=O)C2CSSCC(CC1=O)C(=O)CN2. The number of nitrogens with two attached hydrogens (primary N) is 1. The summed E-state index contributed by atoms with van der Waals surface area (Å²) in [7, 11) is 2.97. The van der Waals surface area contributed by atoms with Crippen LogP contribution in [0.5, 0.6) is 0 Å². The summed E-state index contributed by atoms with van der Waals surface area (Å²) in [6.07, 6.45) is 2.50. The van der Waals surface area contributed by atoms with Gasteiger partial charge in [0.05, 0.1) is 18.6 Å². The van der Waals surface area contributed by atoms with Crippen LogP contribution in [0.4, 0.5) is 0 Å². The average molecular weight is 530 g/mol. The zero-order chi connectivity index (χ0) is 25.8. The summed E-state index contributed by atoms with van der Waals surface area (Å²) in [6.45, 7) is 4.86. The summed E-state index contributed by atoms with van der Waals surface area (Å²) in [4.78, 5) is 65.1. The monoisotopic (exact) mass is 529 g/mol. The van der Waals surface area contributed by atoms with Crippen molar-refractivity contribution >= 4 is 50.9 Å². The Morgan fingerprint density at radius 2 is 1.80 bits per heavy atom. The molecule has 0 aromatic rings. The lowest BCUT2D eigenvalue weighted by Gasteiger charge is -2.32. The number of amides is 3. The van der Waals surface area contributed by atoms with Crippen LogP contribution in [-0.4, -0.2) is 90.0 Å². The van der Waals surface area contributed by atoms with Crippen LogP contribution in [0.3, 0.4) is 0 Å². The number of carbonyl (C=O) groups is 5. The maximum Gasteiger partial charge on any atom is 0.241 e. The number of Topliss-reactive ketones (excluding diaryl/α,β-unsaturated/α-hetero) is 2. The minimum absolute atomic E-state index is 0.0101. The third-order valence-electron chi connectivity index (χ3n) is 6.35. The highest BCUT2D eigenvalue weighted by atomic mass is 33.1. The normalized spacial score (nSPS) is 27.7. The Morgan fingerprint density at radius 1 is 1.06 bits per heavy atom. The molecule has 4 unspecified atom stereocenters. The van der Waals surface area contributed by atoms with Crippen LogP contribution >= 0.6 is 21.6 Å². The zero-order valence-electron chi connectivity index (χ0n) is 20.7. The molecular formula is C23H39N5O5S2. The Kier molecular flexibility index (Phi) is 13.1. The molecule has 2 saturated heterocycles. The largest absolute Gasteiger partial charge is 0.368 e. The molecule has 2 aliphatic heterocycles. The van der Waals surface area contributed by atoms with Gasteiger partial charge in [0.2, 0.25) is 17.7 Å². The first-order valence-corrected chi connectivity index (χ1v) is 14.9. The molecule has 0 aromatic heterocycles. The molecule has 4 atom stereocenters. The number of carbonyl (C=O) groups excluding carboxylic acids is 5. The highest BCUT2D eigenvalue weighted by Crippen LogP contribution is 2.28. The first-order chi connectivity index (χ1) is 16.8. The number of hydrogen-bond acceptors (Lipinski definition) is 9. The van der Waals surface area contributed by atoms with Gasteiger partial charge in [-0.2, -0.15) is 0 Å². The van der Waals surface area contributed by atoms with E-state index >= 15 is 0 Å². The molecule has 0 aromatic carbocycles. The molecule has 2 fully saturated rings. The van der Waals surface area contributed by atoms with Gasteiger partial charge in [0.25, 0.3) is 0 Å². The van der Waals surface area contributed by atoms with Crippen molar-refractivity contribution < 1.29 is 24.0 Å². The van der Waals surface area contributed by atoms with E-state index in [9.17, 15) is 24.0 Å². The fourth-order valence-corrected chi connectivity index (χ4v) is 6.79. The summed E-state index contributed by atoms with van der Waals surface area (Å²) in [5.74, 6) is -0.597. The van der Waals surface area contributed by atoms with E-state index in [4.69, 9.17) is 5.73 Å². The van der Waals surface area contributed by atoms with Crippen molar-refractivity contribution in [3.63, 3.8) is 0 Å². The topological polar surface area (TPSA) is 151 Å². The van der Waals surface area contributed by atoms with E-state index in [1.54, 1.807) is 6.92 Å². The lowest BCUT2D eigenvalue weighted by molar-refractivity contribution is -0.141. The molecule has 10 nitrogen and oxygen atoms in total. The molecular weight excluding hydrogens is 490 g/mol. The number of nitrogens with one attached hydrogen (secondary N) is 3. The van der Waals surface area contributed by atoms with Crippen molar-refractivity contribution in [2.45, 2.75) is 70.5 Å². The van der Waals surface area contributed by atoms with E-state index in [2.05, 4.69) is 16.0 Å². The number of ketones is 2. The molecule has 0 spiro atoms. The smallest absolute Gasteiger partial charge is 0.241 e. The highest BCUT2D eigenvalue weighted by molar-refractivity contribution is 8.76. The molecule has 0 radical (unpaired) electrons. The predicted octanol–water partition coefficient (Wildman–Crippen LogP) is 0.245. The molecule has 5 N–H and O–H groups in total. The molecule has 198 valence electrons. The van der Waals surface area contributed by atoms with E-state index in [1.807, 2.05) is 6.92 Å². The fourth-order valence-electron chi connectivity index (χ4n) is 4.25. The van der Waals surface area contributed by atoms with Gasteiger partial charge in [0, 0.05) is 43.4 Å². The van der Waals surface area contributed by atoms with Crippen LogP contribution in [0.25, 0.3) is 0 Å². The van der Waals surface area contributed by atoms with Crippen molar-refractivity contribution in [3.8, 4) is 0 Å². The maximum absolute atomic E-state index is 13.5. The summed E-state index contributed by atoms with van der Waals surface area (Å²) < 4.78 is 0. The molecule has 2 bridgehead atoms. The van der Waals surface area contributed by atoms with Gasteiger partial charge < -0.3 is 21.3 Å². The van der Waals surface area contributed by atoms with Crippen molar-refractivity contribution in [3.05, 3.63) is 0 Å². The van der Waals surface area contributed by atoms with Crippen LogP contribution in [0, 0.1) is 5.92 Å². The quantitative estimate of drug-likeness (QED) is 0.376. The van der Waals surface area contributed by atoms with Crippen molar-refractivity contribution in [1.82, 2.24) is 20.9 Å². The van der Waals surface area contributed by atoms with Gasteiger partial charge in [-0.3, -0.25) is 29.3 Å². The van der Waals surface area contributed by atoms with Gasteiger partial charge in [0.15, 0.2) is 5.78 Å². The van der Waals surface area contributed by atoms with Crippen LogP contribution in [-0.2, 0) is 24.0 Å². The van der Waals surface area contributed by atoms with Gasteiger partial charge in [-0.1, -0.05) is 35.4 Å². The van der Waals surface area contributed by atoms with Crippen molar-refractivity contribution in [1.29, 1.82) is 0 Å². The lowest BCUT2D eigenvalue weighted by Crippen LogP contribution is -2.56. The molecule has 2 heterocycles. The van der Waals surface area contributed by atoms with E-state index in [1.165, 1.54) is 26.5 Å². The number of hydrogen-bond donors (Lipinski definition) is 4. The Hall–Kier alpha value is -1.63. The molecule has 12 heteroatoms.